The normalized spacial score (nSPS) is 8.67. The molecule has 0 spiro atoms. The molecule has 1 amide bonds. The number of hydrogen-bond acceptors (Lipinski definition) is 4. The molecule has 0 bridgehead atoms. The second kappa shape index (κ2) is 8.71. The van der Waals surface area contributed by atoms with E-state index in [-0.39, 0.29) is 31.6 Å². The lowest BCUT2D eigenvalue weighted by Gasteiger charge is -2.19. The van der Waals surface area contributed by atoms with Crippen molar-refractivity contribution in [1.29, 1.82) is 10.5 Å². The fraction of sp³-hybridized carbons (Fsp3) is 0.600. The van der Waals surface area contributed by atoms with Crippen LogP contribution in [0.4, 0.5) is 0 Å². The zero-order chi connectivity index (χ0) is 11.5. The second-order valence-electron chi connectivity index (χ2n) is 2.90. The molecule has 0 aromatic carbocycles. The average Bonchev–Trinajstić information content (AvgIpc) is 2.26. The third-order valence-corrected chi connectivity index (χ3v) is 1.82. The standard InChI is InChI=1S/C10H13N3O2/c11-5-2-7-13(8-3-6-12)10(15)4-1-9-14/h9H,1-4,7-8H2. The van der Waals surface area contributed by atoms with Gasteiger partial charge < -0.3 is 9.69 Å². The average molecular weight is 207 g/mol. The lowest BCUT2D eigenvalue weighted by atomic mass is 10.2. The van der Waals surface area contributed by atoms with Crippen LogP contribution in [0.3, 0.4) is 0 Å². The lowest BCUT2D eigenvalue weighted by molar-refractivity contribution is -0.132. The monoisotopic (exact) mass is 207 g/mol. The molecule has 0 radical (unpaired) electrons. The Kier molecular flexibility index (Phi) is 7.62. The van der Waals surface area contributed by atoms with E-state index in [1.165, 1.54) is 4.90 Å². The van der Waals surface area contributed by atoms with Crippen LogP contribution in [0.2, 0.25) is 0 Å². The Hall–Kier alpha value is -1.88. The maximum absolute atomic E-state index is 11.5. The predicted octanol–water partition coefficient (Wildman–Crippen LogP) is 0.621. The van der Waals surface area contributed by atoms with Gasteiger partial charge in [0, 0.05) is 25.9 Å². The van der Waals surface area contributed by atoms with Gasteiger partial charge in [-0.2, -0.15) is 10.5 Å². The summed E-state index contributed by atoms with van der Waals surface area (Å²) in [6, 6.07) is 3.88. The third kappa shape index (κ3) is 6.23. The molecule has 0 aliphatic heterocycles. The van der Waals surface area contributed by atoms with E-state index < -0.39 is 0 Å². The maximum Gasteiger partial charge on any atom is 0.223 e. The Morgan fingerprint density at radius 1 is 1.20 bits per heavy atom. The van der Waals surface area contributed by atoms with Gasteiger partial charge in [-0.1, -0.05) is 0 Å². The Morgan fingerprint density at radius 3 is 2.13 bits per heavy atom. The van der Waals surface area contributed by atoms with E-state index in [2.05, 4.69) is 0 Å². The minimum absolute atomic E-state index is 0.153. The fourth-order valence-electron chi connectivity index (χ4n) is 1.07. The summed E-state index contributed by atoms with van der Waals surface area (Å²) in [7, 11) is 0. The highest BCUT2D eigenvalue weighted by Crippen LogP contribution is 1.99. The van der Waals surface area contributed by atoms with E-state index in [0.29, 0.717) is 19.4 Å². The molecule has 0 heterocycles. The topological polar surface area (TPSA) is 85.0 Å². The maximum atomic E-state index is 11.5. The minimum atomic E-state index is -0.174. The Balaban J connectivity index is 4.09. The van der Waals surface area contributed by atoms with E-state index >= 15 is 0 Å². The van der Waals surface area contributed by atoms with Crippen LogP contribution in [-0.2, 0) is 9.59 Å². The molecule has 0 aliphatic rings. The molecule has 0 rings (SSSR count). The highest BCUT2D eigenvalue weighted by molar-refractivity contribution is 5.78. The van der Waals surface area contributed by atoms with Crippen LogP contribution in [0.5, 0.6) is 0 Å². The molecular formula is C10H13N3O2. The summed E-state index contributed by atoms with van der Waals surface area (Å²) in [6.45, 7) is 0.658. The van der Waals surface area contributed by atoms with Crippen molar-refractivity contribution in [1.82, 2.24) is 4.90 Å². The first-order chi connectivity index (χ1) is 7.26. The van der Waals surface area contributed by atoms with Gasteiger partial charge in [0.15, 0.2) is 0 Å². The molecule has 0 aliphatic carbocycles. The zero-order valence-corrected chi connectivity index (χ0v) is 8.48. The van der Waals surface area contributed by atoms with Gasteiger partial charge in [-0.25, -0.2) is 0 Å². The SMILES string of the molecule is N#CCCN(CCC#N)C(=O)CCC=O. The first kappa shape index (κ1) is 13.1. The number of hydrogen-bond donors (Lipinski definition) is 0. The highest BCUT2D eigenvalue weighted by Gasteiger charge is 2.11. The van der Waals surface area contributed by atoms with E-state index in [1.807, 2.05) is 12.1 Å². The highest BCUT2D eigenvalue weighted by atomic mass is 16.2. The van der Waals surface area contributed by atoms with E-state index in [0.717, 1.165) is 0 Å². The molecular weight excluding hydrogens is 194 g/mol. The first-order valence-electron chi connectivity index (χ1n) is 4.71. The molecule has 0 unspecified atom stereocenters. The van der Waals surface area contributed by atoms with Gasteiger partial charge in [-0.3, -0.25) is 4.79 Å². The van der Waals surface area contributed by atoms with Crippen LogP contribution in [-0.4, -0.2) is 30.2 Å². The summed E-state index contributed by atoms with van der Waals surface area (Å²) in [5, 5.41) is 16.8. The number of rotatable bonds is 7. The number of nitrogens with zero attached hydrogens (tertiary/aromatic N) is 3. The Labute approximate surface area is 88.9 Å². The number of aldehydes is 1. The summed E-state index contributed by atoms with van der Waals surface area (Å²) in [4.78, 5) is 23.0. The third-order valence-electron chi connectivity index (χ3n) is 1.82. The smallest absolute Gasteiger partial charge is 0.223 e. The molecule has 0 atom stereocenters. The van der Waals surface area contributed by atoms with Gasteiger partial charge in [0.2, 0.25) is 5.91 Å². The molecule has 15 heavy (non-hydrogen) atoms. The van der Waals surface area contributed by atoms with Crippen molar-refractivity contribution >= 4 is 12.2 Å². The largest absolute Gasteiger partial charge is 0.341 e. The molecule has 5 heteroatoms. The van der Waals surface area contributed by atoms with Gasteiger partial charge in [0.1, 0.15) is 6.29 Å². The summed E-state index contributed by atoms with van der Waals surface area (Å²) >= 11 is 0. The van der Waals surface area contributed by atoms with Crippen LogP contribution in [0, 0.1) is 22.7 Å². The molecule has 0 fully saturated rings. The predicted molar refractivity (Wildman–Crippen MR) is 52.3 cm³/mol. The summed E-state index contributed by atoms with van der Waals surface area (Å²) in [5.41, 5.74) is 0. The number of nitriles is 2. The lowest BCUT2D eigenvalue weighted by Crippen LogP contribution is -2.32. The van der Waals surface area contributed by atoms with Crippen molar-refractivity contribution in [2.45, 2.75) is 25.7 Å². The van der Waals surface area contributed by atoms with Crippen molar-refractivity contribution in [2.24, 2.45) is 0 Å². The van der Waals surface area contributed by atoms with E-state index in [9.17, 15) is 9.59 Å². The van der Waals surface area contributed by atoms with Crippen molar-refractivity contribution in [3.05, 3.63) is 0 Å². The van der Waals surface area contributed by atoms with Gasteiger partial charge in [0.25, 0.3) is 0 Å². The van der Waals surface area contributed by atoms with Gasteiger partial charge >= 0.3 is 0 Å². The summed E-state index contributed by atoms with van der Waals surface area (Å²) < 4.78 is 0. The van der Waals surface area contributed by atoms with Crippen molar-refractivity contribution in [2.75, 3.05) is 13.1 Å². The molecule has 5 nitrogen and oxygen atoms in total. The molecule has 0 saturated carbocycles. The van der Waals surface area contributed by atoms with Crippen molar-refractivity contribution < 1.29 is 9.59 Å². The Morgan fingerprint density at radius 2 is 1.73 bits per heavy atom. The molecule has 0 aromatic heterocycles. The minimum Gasteiger partial charge on any atom is -0.341 e. The van der Waals surface area contributed by atoms with E-state index in [1.54, 1.807) is 0 Å². The molecule has 0 N–H and O–H groups in total. The number of carbonyl (C=O) groups is 2. The van der Waals surface area contributed by atoms with Crippen molar-refractivity contribution in [3.8, 4) is 12.1 Å². The van der Waals surface area contributed by atoms with E-state index in [4.69, 9.17) is 10.5 Å². The van der Waals surface area contributed by atoms with Gasteiger partial charge in [-0.15, -0.1) is 0 Å². The van der Waals surface area contributed by atoms with Gasteiger partial charge in [0.05, 0.1) is 25.0 Å². The number of amides is 1. The van der Waals surface area contributed by atoms with Crippen LogP contribution >= 0.6 is 0 Å². The van der Waals surface area contributed by atoms with Crippen LogP contribution in [0.15, 0.2) is 0 Å². The summed E-state index contributed by atoms with van der Waals surface area (Å²) in [5.74, 6) is -0.174. The Bertz CT molecular complexity index is 270. The number of carbonyl (C=O) groups excluding carboxylic acids is 2. The molecule has 80 valence electrons. The quantitative estimate of drug-likeness (QED) is 0.573. The zero-order valence-electron chi connectivity index (χ0n) is 8.48. The molecule has 0 aromatic rings. The fourth-order valence-corrected chi connectivity index (χ4v) is 1.07. The van der Waals surface area contributed by atoms with Gasteiger partial charge in [-0.05, 0) is 0 Å². The van der Waals surface area contributed by atoms with Crippen LogP contribution in [0.1, 0.15) is 25.7 Å². The van der Waals surface area contributed by atoms with Crippen LogP contribution in [0.25, 0.3) is 0 Å². The summed E-state index contributed by atoms with van der Waals surface area (Å²) in [6.07, 6.45) is 1.52. The first-order valence-corrected chi connectivity index (χ1v) is 4.71. The van der Waals surface area contributed by atoms with Crippen LogP contribution < -0.4 is 0 Å². The second-order valence-corrected chi connectivity index (χ2v) is 2.90. The molecule has 0 saturated heterocycles. The van der Waals surface area contributed by atoms with Crippen molar-refractivity contribution in [3.63, 3.8) is 0 Å².